The van der Waals surface area contributed by atoms with Crippen molar-refractivity contribution >= 4 is 0 Å². The average molecular weight is 418 g/mol. The van der Waals surface area contributed by atoms with Crippen molar-refractivity contribution in [1.82, 2.24) is 0 Å². The van der Waals surface area contributed by atoms with Gasteiger partial charge in [-0.1, -0.05) is 24.1 Å². The molecule has 0 saturated heterocycles. The van der Waals surface area contributed by atoms with E-state index < -0.39 is 0 Å². The summed E-state index contributed by atoms with van der Waals surface area (Å²) in [5.41, 5.74) is 2.18. The average Bonchev–Trinajstić information content (AvgIpc) is 2.77. The summed E-state index contributed by atoms with van der Waals surface area (Å²) in [4.78, 5) is 0. The minimum Gasteiger partial charge on any atom is -0.508 e. The maximum Gasteiger partial charge on any atom is 0.170 e. The lowest BCUT2D eigenvalue weighted by Gasteiger charge is -2.18. The van der Waals surface area contributed by atoms with Crippen LogP contribution in [0.15, 0.2) is 60.7 Å². The summed E-state index contributed by atoms with van der Waals surface area (Å²) >= 11 is 0. The maximum atomic E-state index is 11.0. The van der Waals surface area contributed by atoms with E-state index in [4.69, 9.17) is 20.6 Å². The van der Waals surface area contributed by atoms with Crippen LogP contribution in [0.25, 0.3) is 22.3 Å². The molecule has 3 rings (SSSR count). The van der Waals surface area contributed by atoms with Crippen molar-refractivity contribution in [2.45, 2.75) is 0 Å². The van der Waals surface area contributed by atoms with Crippen LogP contribution in [0, 0.1) is 12.3 Å². The maximum absolute atomic E-state index is 11.0. The van der Waals surface area contributed by atoms with Crippen LogP contribution >= 0.6 is 0 Å². The van der Waals surface area contributed by atoms with Crippen LogP contribution < -0.4 is 14.2 Å². The van der Waals surface area contributed by atoms with Gasteiger partial charge in [0.25, 0.3) is 0 Å². The van der Waals surface area contributed by atoms with Crippen LogP contribution in [-0.2, 0) is 0 Å². The van der Waals surface area contributed by atoms with Gasteiger partial charge in [0.05, 0.1) is 19.8 Å². The van der Waals surface area contributed by atoms with Crippen molar-refractivity contribution in [2.24, 2.45) is 0 Å². The zero-order chi connectivity index (χ0) is 22.4. The number of benzene rings is 3. The molecule has 0 radical (unpaired) electrons. The summed E-state index contributed by atoms with van der Waals surface area (Å²) in [7, 11) is 2.94. The number of terminal acetylenes is 1. The van der Waals surface area contributed by atoms with Crippen molar-refractivity contribution < 1.29 is 29.5 Å². The first-order chi connectivity index (χ1) is 15.0. The molecule has 0 aliphatic carbocycles. The summed E-state index contributed by atoms with van der Waals surface area (Å²) in [5.74, 6) is 3.13. The van der Waals surface area contributed by atoms with Gasteiger partial charge in [0, 0.05) is 5.56 Å². The van der Waals surface area contributed by atoms with E-state index in [0.717, 1.165) is 5.56 Å². The Hall–Kier alpha value is -4.24. The number of allylic oxidation sites excluding steroid dienone is 1. The number of hydrogen-bond donors (Lipinski definition) is 3. The molecule has 31 heavy (non-hydrogen) atoms. The molecule has 0 heterocycles. The Bertz CT molecular complexity index is 1140. The predicted molar refractivity (Wildman–Crippen MR) is 119 cm³/mol. The lowest BCUT2D eigenvalue weighted by Crippen LogP contribution is -1.96. The highest BCUT2D eigenvalue weighted by atomic mass is 16.5. The second-order valence-electron chi connectivity index (χ2n) is 6.49. The fourth-order valence-corrected chi connectivity index (χ4v) is 3.18. The summed E-state index contributed by atoms with van der Waals surface area (Å²) in [6.45, 7) is 0.209. The van der Waals surface area contributed by atoms with Gasteiger partial charge >= 0.3 is 0 Å². The van der Waals surface area contributed by atoms with Crippen molar-refractivity contribution in [2.75, 3.05) is 20.8 Å². The standard InChI is InChI=1S/C25H22O6/c1-4-5-6-13-31-21-12-9-17(14-20(21)27)23-22(29-2)15-19(25(30-3)24(23)28)16-7-10-18(26)11-8-16/h1,5-12,14-15,26-28H,13H2,2-3H3. The number of rotatable bonds is 7. The van der Waals surface area contributed by atoms with Crippen LogP contribution in [0.3, 0.4) is 0 Å². The highest BCUT2D eigenvalue weighted by Crippen LogP contribution is 2.50. The number of hydrogen-bond acceptors (Lipinski definition) is 6. The molecule has 3 N–H and O–H groups in total. The van der Waals surface area contributed by atoms with Crippen molar-refractivity contribution in [3.63, 3.8) is 0 Å². The van der Waals surface area contributed by atoms with Gasteiger partial charge in [-0.05, 0) is 53.6 Å². The van der Waals surface area contributed by atoms with Gasteiger partial charge in [-0.15, -0.1) is 6.42 Å². The first kappa shape index (κ1) is 21.5. The molecule has 0 bridgehead atoms. The van der Waals surface area contributed by atoms with Gasteiger partial charge in [0.1, 0.15) is 18.1 Å². The topological polar surface area (TPSA) is 88.4 Å². The minimum absolute atomic E-state index is 0.102. The number of phenolic OH excluding ortho intramolecular Hbond substituents is 3. The van der Waals surface area contributed by atoms with Gasteiger partial charge in [-0.2, -0.15) is 0 Å². The van der Waals surface area contributed by atoms with Crippen LogP contribution in [0.1, 0.15) is 0 Å². The second-order valence-corrected chi connectivity index (χ2v) is 6.49. The molecule has 3 aromatic carbocycles. The number of methoxy groups -OCH3 is 2. The summed E-state index contributed by atoms with van der Waals surface area (Å²) < 4.78 is 16.5. The third kappa shape index (κ3) is 4.51. The van der Waals surface area contributed by atoms with Crippen molar-refractivity contribution in [3.8, 4) is 69.1 Å². The van der Waals surface area contributed by atoms with E-state index in [9.17, 15) is 15.3 Å². The predicted octanol–water partition coefficient (Wildman–Crippen LogP) is 4.72. The molecule has 0 aliphatic rings. The third-order valence-corrected chi connectivity index (χ3v) is 4.62. The lowest BCUT2D eigenvalue weighted by molar-refractivity contribution is 0.336. The van der Waals surface area contributed by atoms with E-state index in [1.54, 1.807) is 48.5 Å². The molecule has 158 valence electrons. The third-order valence-electron chi connectivity index (χ3n) is 4.62. The van der Waals surface area contributed by atoms with Gasteiger partial charge in [-0.25, -0.2) is 0 Å². The molecule has 0 unspecified atom stereocenters. The Labute approximate surface area is 180 Å². The first-order valence-corrected chi connectivity index (χ1v) is 9.34. The van der Waals surface area contributed by atoms with Crippen LogP contribution in [-0.4, -0.2) is 36.1 Å². The van der Waals surface area contributed by atoms with Gasteiger partial charge in [0.15, 0.2) is 23.0 Å². The molecule has 3 aromatic rings. The monoisotopic (exact) mass is 418 g/mol. The van der Waals surface area contributed by atoms with E-state index in [-0.39, 0.29) is 35.4 Å². The molecule has 0 amide bonds. The first-order valence-electron chi connectivity index (χ1n) is 9.34. The summed E-state index contributed by atoms with van der Waals surface area (Å²) in [5, 5.41) is 31.0. The van der Waals surface area contributed by atoms with E-state index >= 15 is 0 Å². The highest BCUT2D eigenvalue weighted by molar-refractivity contribution is 5.88. The minimum atomic E-state index is -0.144. The molecular weight excluding hydrogens is 396 g/mol. The Morgan fingerprint density at radius 2 is 1.61 bits per heavy atom. The Kier molecular flexibility index (Phi) is 6.58. The molecular formula is C25H22O6. The largest absolute Gasteiger partial charge is 0.508 e. The zero-order valence-electron chi connectivity index (χ0n) is 17.1. The van der Waals surface area contributed by atoms with E-state index in [1.165, 1.54) is 26.4 Å². The number of phenols is 3. The quantitative estimate of drug-likeness (QED) is 0.481. The highest BCUT2D eigenvalue weighted by Gasteiger charge is 2.22. The molecule has 0 aromatic heterocycles. The fraction of sp³-hybridized carbons (Fsp3) is 0.120. The SMILES string of the molecule is C#CC=CCOc1ccc(-c2c(OC)cc(-c3ccc(O)cc3)c(OC)c2O)cc1O. The second kappa shape index (κ2) is 9.51. The van der Waals surface area contributed by atoms with Gasteiger partial charge in [-0.3, -0.25) is 0 Å². The molecule has 0 spiro atoms. The number of ether oxygens (including phenoxy) is 3. The molecule has 0 atom stereocenters. The Morgan fingerprint density at radius 3 is 2.23 bits per heavy atom. The molecule has 0 aliphatic heterocycles. The molecule has 0 fully saturated rings. The normalized spacial score (nSPS) is 10.6. The Morgan fingerprint density at radius 1 is 0.903 bits per heavy atom. The van der Waals surface area contributed by atoms with Crippen LogP contribution in [0.4, 0.5) is 0 Å². The summed E-state index contributed by atoms with van der Waals surface area (Å²) in [6, 6.07) is 13.0. The zero-order valence-corrected chi connectivity index (χ0v) is 17.1. The van der Waals surface area contributed by atoms with Crippen LogP contribution in [0.2, 0.25) is 0 Å². The number of aromatic hydroxyl groups is 3. The van der Waals surface area contributed by atoms with Crippen LogP contribution in [0.5, 0.6) is 34.5 Å². The lowest BCUT2D eigenvalue weighted by atomic mass is 9.96. The van der Waals surface area contributed by atoms with E-state index in [1.807, 2.05) is 0 Å². The van der Waals surface area contributed by atoms with Gasteiger partial charge < -0.3 is 29.5 Å². The fourth-order valence-electron chi connectivity index (χ4n) is 3.18. The van der Waals surface area contributed by atoms with E-state index in [2.05, 4.69) is 5.92 Å². The molecule has 6 nitrogen and oxygen atoms in total. The van der Waals surface area contributed by atoms with Crippen molar-refractivity contribution in [3.05, 3.63) is 60.7 Å². The van der Waals surface area contributed by atoms with Gasteiger partial charge in [0.2, 0.25) is 0 Å². The molecule has 0 saturated carbocycles. The summed E-state index contributed by atoms with van der Waals surface area (Å²) in [6.07, 6.45) is 8.30. The Balaban J connectivity index is 2.07. The molecule has 6 heteroatoms. The van der Waals surface area contributed by atoms with Crippen molar-refractivity contribution in [1.29, 1.82) is 0 Å². The van der Waals surface area contributed by atoms with E-state index in [0.29, 0.717) is 22.4 Å². The smallest absolute Gasteiger partial charge is 0.170 e.